The van der Waals surface area contributed by atoms with Gasteiger partial charge in [0, 0.05) is 5.92 Å². The van der Waals surface area contributed by atoms with E-state index in [1.807, 2.05) is 0 Å². The number of hydrogen-bond donors (Lipinski definition) is 3. The molecule has 1 heterocycles. The lowest BCUT2D eigenvalue weighted by molar-refractivity contribution is -0.384. The summed E-state index contributed by atoms with van der Waals surface area (Å²) >= 11 is 0. The molecule has 1 aliphatic carbocycles. The van der Waals surface area contributed by atoms with E-state index in [1.165, 1.54) is 12.1 Å². The second-order valence-electron chi connectivity index (χ2n) is 5.82. The summed E-state index contributed by atoms with van der Waals surface area (Å²) < 4.78 is 0. The summed E-state index contributed by atoms with van der Waals surface area (Å²) in [6, 6.07) is 3.74. The predicted molar refractivity (Wildman–Crippen MR) is 76.0 cm³/mol. The van der Waals surface area contributed by atoms with E-state index < -0.39 is 4.92 Å². The van der Waals surface area contributed by atoms with Gasteiger partial charge >= 0.3 is 0 Å². The van der Waals surface area contributed by atoms with Crippen molar-refractivity contribution in [2.24, 2.45) is 11.3 Å². The summed E-state index contributed by atoms with van der Waals surface area (Å²) in [5.74, 6) is -0.417. The van der Waals surface area contributed by atoms with Gasteiger partial charge in [0.2, 0.25) is 5.91 Å². The van der Waals surface area contributed by atoms with Crippen molar-refractivity contribution in [2.75, 3.05) is 18.4 Å². The molecule has 2 fully saturated rings. The first-order valence-electron chi connectivity index (χ1n) is 7.01. The monoisotopic (exact) mass is 291 g/mol. The number of amides is 1. The number of anilines is 1. The predicted octanol–water partition coefficient (Wildman–Crippen LogP) is 1.63. The summed E-state index contributed by atoms with van der Waals surface area (Å²) in [6.07, 6.45) is 2.80. The van der Waals surface area contributed by atoms with Gasteiger partial charge in [0.15, 0.2) is 0 Å². The Morgan fingerprint density at radius 3 is 2.81 bits per heavy atom. The molecule has 3 rings (SSSR count). The lowest BCUT2D eigenvalue weighted by atomic mass is 9.92. The first kappa shape index (κ1) is 13.8. The van der Waals surface area contributed by atoms with Gasteiger partial charge in [-0.05, 0) is 49.9 Å². The maximum absolute atomic E-state index is 12.3. The molecule has 1 spiro atoms. The Kier molecular flexibility index (Phi) is 3.29. The van der Waals surface area contributed by atoms with Crippen LogP contribution in [-0.2, 0) is 4.79 Å². The van der Waals surface area contributed by atoms with E-state index in [4.69, 9.17) is 0 Å². The van der Waals surface area contributed by atoms with Crippen LogP contribution in [0.5, 0.6) is 5.75 Å². The summed E-state index contributed by atoms with van der Waals surface area (Å²) in [6.45, 7) is 1.84. The van der Waals surface area contributed by atoms with Crippen LogP contribution in [0.25, 0.3) is 0 Å². The minimum absolute atomic E-state index is 0.0620. The fourth-order valence-corrected chi connectivity index (χ4v) is 3.19. The third-order valence-corrected chi connectivity index (χ3v) is 4.54. The molecule has 0 bridgehead atoms. The number of carbonyl (C=O) groups is 1. The van der Waals surface area contributed by atoms with Crippen molar-refractivity contribution in [1.29, 1.82) is 0 Å². The Balaban J connectivity index is 1.73. The highest BCUT2D eigenvalue weighted by Gasteiger charge is 2.57. The number of nitrogens with zero attached hydrogens (tertiary/aromatic N) is 1. The van der Waals surface area contributed by atoms with Gasteiger partial charge < -0.3 is 15.7 Å². The minimum Gasteiger partial charge on any atom is -0.508 e. The third-order valence-electron chi connectivity index (χ3n) is 4.54. The molecule has 1 saturated heterocycles. The van der Waals surface area contributed by atoms with E-state index in [1.54, 1.807) is 0 Å². The largest absolute Gasteiger partial charge is 0.508 e. The summed E-state index contributed by atoms with van der Waals surface area (Å²) in [7, 11) is 0. The van der Waals surface area contributed by atoms with E-state index in [9.17, 15) is 20.0 Å². The molecule has 0 radical (unpaired) electrons. The highest BCUT2D eigenvalue weighted by atomic mass is 16.6. The van der Waals surface area contributed by atoms with Gasteiger partial charge in [0.1, 0.15) is 11.4 Å². The summed E-state index contributed by atoms with van der Waals surface area (Å²) in [5.41, 5.74) is -0.0664. The van der Waals surface area contributed by atoms with Crippen LogP contribution < -0.4 is 10.6 Å². The number of nitro benzene ring substituents is 1. The molecular formula is C14H17N3O4. The second kappa shape index (κ2) is 5.00. The molecule has 1 aromatic rings. The quantitative estimate of drug-likeness (QED) is 0.446. The smallest absolute Gasteiger partial charge is 0.296 e. The maximum atomic E-state index is 12.3. The molecule has 2 aliphatic rings. The van der Waals surface area contributed by atoms with Crippen LogP contribution in [0.3, 0.4) is 0 Å². The fraction of sp³-hybridized carbons (Fsp3) is 0.500. The van der Waals surface area contributed by atoms with Gasteiger partial charge in [-0.15, -0.1) is 0 Å². The van der Waals surface area contributed by atoms with Crippen molar-refractivity contribution in [2.45, 2.75) is 19.3 Å². The second-order valence-corrected chi connectivity index (χ2v) is 5.82. The average Bonchev–Trinajstić information content (AvgIpc) is 3.15. The van der Waals surface area contributed by atoms with Crippen molar-refractivity contribution in [3.8, 4) is 5.75 Å². The molecule has 1 amide bonds. The molecular weight excluding hydrogens is 274 g/mol. The van der Waals surface area contributed by atoms with E-state index >= 15 is 0 Å². The van der Waals surface area contributed by atoms with Crippen LogP contribution in [0, 0.1) is 21.4 Å². The van der Waals surface area contributed by atoms with Crippen LogP contribution in [-0.4, -0.2) is 29.0 Å². The van der Waals surface area contributed by atoms with E-state index in [0.717, 1.165) is 38.4 Å². The van der Waals surface area contributed by atoms with E-state index in [2.05, 4.69) is 10.6 Å². The number of piperidine rings is 1. The number of hydrogen-bond acceptors (Lipinski definition) is 5. The molecule has 112 valence electrons. The molecule has 1 aromatic carbocycles. The molecule has 21 heavy (non-hydrogen) atoms. The first-order valence-corrected chi connectivity index (χ1v) is 7.01. The van der Waals surface area contributed by atoms with Gasteiger partial charge in [0.25, 0.3) is 5.69 Å². The molecule has 3 N–H and O–H groups in total. The van der Waals surface area contributed by atoms with E-state index in [-0.39, 0.29) is 34.4 Å². The molecule has 1 saturated carbocycles. The number of benzene rings is 1. The average molecular weight is 291 g/mol. The third kappa shape index (κ3) is 2.56. The SMILES string of the molecule is O=C(Nc1ccc(O)cc1[N+](=O)[O-])C1CC12CCNCC2. The topological polar surface area (TPSA) is 104 Å². The lowest BCUT2D eigenvalue weighted by Gasteiger charge is -2.23. The number of aromatic hydroxyl groups is 1. The van der Waals surface area contributed by atoms with Gasteiger partial charge in [-0.1, -0.05) is 0 Å². The summed E-state index contributed by atoms with van der Waals surface area (Å²) in [5, 5.41) is 26.2. The van der Waals surface area contributed by atoms with Gasteiger partial charge in [-0.3, -0.25) is 14.9 Å². The van der Waals surface area contributed by atoms with Crippen LogP contribution in [0.4, 0.5) is 11.4 Å². The van der Waals surface area contributed by atoms with Crippen molar-refractivity contribution in [1.82, 2.24) is 5.32 Å². The fourth-order valence-electron chi connectivity index (χ4n) is 3.19. The highest BCUT2D eigenvalue weighted by Crippen LogP contribution is 2.58. The minimum atomic E-state index is -0.609. The number of carbonyl (C=O) groups excluding carboxylic acids is 1. The van der Waals surface area contributed by atoms with Crippen molar-refractivity contribution < 1.29 is 14.8 Å². The number of nitrogens with one attached hydrogen (secondary N) is 2. The number of rotatable bonds is 3. The number of nitro groups is 1. The molecule has 7 nitrogen and oxygen atoms in total. The van der Waals surface area contributed by atoms with Gasteiger partial charge in [-0.25, -0.2) is 0 Å². The Morgan fingerprint density at radius 1 is 1.43 bits per heavy atom. The molecule has 1 atom stereocenters. The molecule has 7 heteroatoms. The molecule has 1 unspecified atom stereocenters. The molecule has 1 aliphatic heterocycles. The number of phenols is 1. The highest BCUT2D eigenvalue weighted by molar-refractivity contribution is 5.97. The van der Waals surface area contributed by atoms with Gasteiger partial charge in [-0.2, -0.15) is 0 Å². The van der Waals surface area contributed by atoms with Crippen LogP contribution in [0.2, 0.25) is 0 Å². The first-order chi connectivity index (χ1) is 10.0. The van der Waals surface area contributed by atoms with Crippen LogP contribution in [0.1, 0.15) is 19.3 Å². The van der Waals surface area contributed by atoms with Crippen molar-refractivity contribution in [3.05, 3.63) is 28.3 Å². The summed E-state index contributed by atoms with van der Waals surface area (Å²) in [4.78, 5) is 22.7. The number of phenolic OH excluding ortho intramolecular Hbond substituents is 1. The van der Waals surface area contributed by atoms with Gasteiger partial charge in [0.05, 0.1) is 11.0 Å². The normalized spacial score (nSPS) is 22.8. The van der Waals surface area contributed by atoms with Crippen LogP contribution >= 0.6 is 0 Å². The lowest BCUT2D eigenvalue weighted by Crippen LogP contribution is -2.31. The van der Waals surface area contributed by atoms with E-state index in [0.29, 0.717) is 0 Å². The molecule has 0 aromatic heterocycles. The zero-order chi connectivity index (χ0) is 15.0. The Bertz CT molecular complexity index is 596. The Morgan fingerprint density at radius 2 is 2.14 bits per heavy atom. The Hall–Kier alpha value is -2.15. The Labute approximate surface area is 121 Å². The van der Waals surface area contributed by atoms with Crippen LogP contribution in [0.15, 0.2) is 18.2 Å². The maximum Gasteiger partial charge on any atom is 0.296 e. The standard InChI is InChI=1S/C14H17N3O4/c18-9-1-2-11(12(7-9)17(20)21)16-13(19)10-8-14(10)3-5-15-6-4-14/h1-2,7,10,15,18H,3-6,8H2,(H,16,19). The zero-order valence-corrected chi connectivity index (χ0v) is 11.5. The van der Waals surface area contributed by atoms with Crippen molar-refractivity contribution in [3.63, 3.8) is 0 Å². The zero-order valence-electron chi connectivity index (χ0n) is 11.5. The van der Waals surface area contributed by atoms with Crippen molar-refractivity contribution >= 4 is 17.3 Å².